The van der Waals surface area contributed by atoms with Gasteiger partial charge in [0, 0.05) is 17.5 Å². The van der Waals surface area contributed by atoms with Crippen molar-refractivity contribution in [3.8, 4) is 5.75 Å². The van der Waals surface area contributed by atoms with Crippen molar-refractivity contribution in [2.75, 3.05) is 0 Å². The molecular formula is C18H15N3O6S. The average molecular weight is 401 g/mol. The van der Waals surface area contributed by atoms with E-state index < -0.39 is 15.0 Å². The molecule has 0 aliphatic carbocycles. The van der Waals surface area contributed by atoms with Crippen LogP contribution in [0.5, 0.6) is 5.75 Å². The lowest BCUT2D eigenvalue weighted by atomic mass is 10.1. The van der Waals surface area contributed by atoms with Gasteiger partial charge in [0.25, 0.3) is 15.8 Å². The molecule has 2 N–H and O–H groups in total. The fourth-order valence-electron chi connectivity index (χ4n) is 2.70. The van der Waals surface area contributed by atoms with Gasteiger partial charge in [-0.15, -0.1) is 10.2 Å². The van der Waals surface area contributed by atoms with Gasteiger partial charge >= 0.3 is 0 Å². The number of hydrogen-bond acceptors (Lipinski definition) is 7. The first-order chi connectivity index (χ1) is 13.2. The number of nitro groups is 1. The number of azo groups is 1. The molecule has 144 valence electrons. The Morgan fingerprint density at radius 3 is 2.43 bits per heavy atom. The highest BCUT2D eigenvalue weighted by Gasteiger charge is 2.14. The van der Waals surface area contributed by atoms with Crippen LogP contribution in [0.4, 0.5) is 17.1 Å². The van der Waals surface area contributed by atoms with E-state index in [-0.39, 0.29) is 33.1 Å². The fraction of sp³-hybridized carbons (Fsp3) is 0.111. The zero-order valence-electron chi connectivity index (χ0n) is 14.6. The van der Waals surface area contributed by atoms with Crippen LogP contribution in [0.3, 0.4) is 0 Å². The maximum absolute atomic E-state index is 11.4. The Kier molecular flexibility index (Phi) is 5.08. The van der Waals surface area contributed by atoms with E-state index in [0.717, 1.165) is 0 Å². The molecule has 0 saturated carbocycles. The smallest absolute Gasteiger partial charge is 0.294 e. The van der Waals surface area contributed by atoms with E-state index in [1.54, 1.807) is 12.1 Å². The quantitative estimate of drug-likeness (QED) is 0.275. The van der Waals surface area contributed by atoms with Gasteiger partial charge in [-0.1, -0.05) is 25.1 Å². The van der Waals surface area contributed by atoms with Gasteiger partial charge in [-0.2, -0.15) is 8.42 Å². The van der Waals surface area contributed by atoms with Crippen LogP contribution in [0.25, 0.3) is 10.8 Å². The minimum atomic E-state index is -4.45. The second-order valence-corrected chi connectivity index (χ2v) is 7.34. The molecule has 0 amide bonds. The Hall–Kier alpha value is -3.37. The van der Waals surface area contributed by atoms with Crippen LogP contribution in [0, 0.1) is 10.1 Å². The molecule has 3 aromatic rings. The Morgan fingerprint density at radius 1 is 1.07 bits per heavy atom. The van der Waals surface area contributed by atoms with E-state index in [2.05, 4.69) is 10.2 Å². The summed E-state index contributed by atoms with van der Waals surface area (Å²) in [6, 6.07) is 11.0. The van der Waals surface area contributed by atoms with Crippen molar-refractivity contribution in [1.82, 2.24) is 0 Å². The number of fused-ring (bicyclic) bond motifs is 1. The Balaban J connectivity index is 2.18. The number of nitrogens with zero attached hydrogens (tertiary/aromatic N) is 3. The third-order valence-electron chi connectivity index (χ3n) is 4.16. The summed E-state index contributed by atoms with van der Waals surface area (Å²) >= 11 is 0. The first-order valence-electron chi connectivity index (χ1n) is 8.13. The van der Waals surface area contributed by atoms with E-state index in [0.29, 0.717) is 17.4 Å². The molecule has 0 spiro atoms. The van der Waals surface area contributed by atoms with Crippen LogP contribution < -0.4 is 0 Å². The minimum absolute atomic E-state index is 0.0171. The lowest BCUT2D eigenvalue weighted by molar-refractivity contribution is -0.384. The largest absolute Gasteiger partial charge is 0.506 e. The maximum Gasteiger partial charge on any atom is 0.294 e. The zero-order chi connectivity index (χ0) is 20.5. The number of hydrogen-bond donors (Lipinski definition) is 2. The third-order valence-corrected chi connectivity index (χ3v) is 5.01. The second-order valence-electron chi connectivity index (χ2n) is 5.91. The summed E-state index contributed by atoms with van der Waals surface area (Å²) in [5.41, 5.74) is 0.810. The molecule has 0 aromatic heterocycles. The zero-order valence-corrected chi connectivity index (χ0v) is 15.4. The first-order valence-corrected chi connectivity index (χ1v) is 9.57. The minimum Gasteiger partial charge on any atom is -0.506 e. The highest BCUT2D eigenvalue weighted by atomic mass is 32.2. The van der Waals surface area contributed by atoms with Crippen molar-refractivity contribution in [2.45, 2.75) is 18.2 Å². The summed E-state index contributed by atoms with van der Waals surface area (Å²) in [7, 11) is -4.45. The van der Waals surface area contributed by atoms with Gasteiger partial charge in [0.15, 0.2) is 0 Å². The molecule has 3 aromatic carbocycles. The molecule has 0 aliphatic heterocycles. The Morgan fingerprint density at radius 2 is 1.79 bits per heavy atom. The number of phenols is 1. The predicted octanol–water partition coefficient (Wildman–Crippen LogP) is 4.68. The van der Waals surface area contributed by atoms with Crippen molar-refractivity contribution in [3.63, 3.8) is 0 Å². The molecule has 28 heavy (non-hydrogen) atoms. The molecule has 9 nitrogen and oxygen atoms in total. The first kappa shape index (κ1) is 19.4. The van der Waals surface area contributed by atoms with Crippen LogP contribution in [0.15, 0.2) is 63.7 Å². The van der Waals surface area contributed by atoms with E-state index in [9.17, 15) is 28.2 Å². The van der Waals surface area contributed by atoms with E-state index in [1.807, 2.05) is 6.92 Å². The molecule has 10 heteroatoms. The van der Waals surface area contributed by atoms with Gasteiger partial charge in [-0.25, -0.2) is 0 Å². The standard InChI is InChI=1S/C18H15N3O6S/c1-2-11-3-6-13(21(23)24)9-16(11)19-20-18-15-10-14(28(25,26)27)7-4-12(15)5-8-17(18)22/h3-10,22H,2H2,1H3,(H,25,26,27). The lowest BCUT2D eigenvalue weighted by Gasteiger charge is -2.06. The monoisotopic (exact) mass is 401 g/mol. The van der Waals surface area contributed by atoms with Crippen LogP contribution in [0.1, 0.15) is 12.5 Å². The van der Waals surface area contributed by atoms with Crippen molar-refractivity contribution in [2.24, 2.45) is 10.2 Å². The number of benzene rings is 3. The van der Waals surface area contributed by atoms with Gasteiger partial charge < -0.3 is 5.11 Å². The molecule has 0 heterocycles. The van der Waals surface area contributed by atoms with E-state index >= 15 is 0 Å². The number of non-ortho nitro benzene ring substituents is 1. The Bertz CT molecular complexity index is 1220. The number of aryl methyl sites for hydroxylation is 1. The van der Waals surface area contributed by atoms with E-state index in [1.165, 1.54) is 36.4 Å². The summed E-state index contributed by atoms with van der Waals surface area (Å²) in [5.74, 6) is -0.257. The van der Waals surface area contributed by atoms with Crippen LogP contribution in [-0.4, -0.2) is 23.0 Å². The average Bonchev–Trinajstić information content (AvgIpc) is 2.65. The van der Waals surface area contributed by atoms with Crippen molar-refractivity contribution in [3.05, 3.63) is 64.2 Å². The summed E-state index contributed by atoms with van der Waals surface area (Å²) in [4.78, 5) is 10.1. The molecule has 0 unspecified atom stereocenters. The van der Waals surface area contributed by atoms with Crippen LogP contribution >= 0.6 is 0 Å². The summed E-state index contributed by atoms with van der Waals surface area (Å²) < 4.78 is 32.1. The van der Waals surface area contributed by atoms with E-state index in [4.69, 9.17) is 0 Å². The molecule has 0 fully saturated rings. The SMILES string of the molecule is CCc1ccc([N+](=O)[O-])cc1N=Nc1c(O)ccc2ccc(S(=O)(=O)O)cc12. The molecule has 0 radical (unpaired) electrons. The summed E-state index contributed by atoms with van der Waals surface area (Å²) in [5, 5.41) is 30.0. The Labute approximate surface area is 159 Å². The number of aromatic hydroxyl groups is 1. The molecular weight excluding hydrogens is 386 g/mol. The highest BCUT2D eigenvalue weighted by Crippen LogP contribution is 2.38. The molecule has 0 saturated heterocycles. The van der Waals surface area contributed by atoms with Crippen molar-refractivity contribution < 1.29 is 23.0 Å². The fourth-order valence-corrected chi connectivity index (χ4v) is 3.21. The van der Waals surface area contributed by atoms with Gasteiger partial charge in [-0.05, 0) is 35.6 Å². The topological polar surface area (TPSA) is 142 Å². The summed E-state index contributed by atoms with van der Waals surface area (Å²) in [6.07, 6.45) is 0.556. The molecule has 3 rings (SSSR count). The van der Waals surface area contributed by atoms with Crippen molar-refractivity contribution in [1.29, 1.82) is 0 Å². The lowest BCUT2D eigenvalue weighted by Crippen LogP contribution is -1.97. The maximum atomic E-state index is 11.4. The number of rotatable bonds is 5. The molecule has 0 aliphatic rings. The van der Waals surface area contributed by atoms with Crippen molar-refractivity contribution >= 4 is 38.0 Å². The van der Waals surface area contributed by atoms with Gasteiger partial charge in [-0.3, -0.25) is 14.7 Å². The number of phenolic OH excluding ortho intramolecular Hbond substituents is 1. The van der Waals surface area contributed by atoms with Gasteiger partial charge in [0.05, 0.1) is 15.5 Å². The second kappa shape index (κ2) is 7.33. The highest BCUT2D eigenvalue weighted by molar-refractivity contribution is 7.85. The third kappa shape index (κ3) is 3.82. The van der Waals surface area contributed by atoms with Crippen LogP contribution in [0.2, 0.25) is 0 Å². The molecule has 0 atom stereocenters. The summed E-state index contributed by atoms with van der Waals surface area (Å²) in [6.45, 7) is 1.86. The van der Waals surface area contributed by atoms with Gasteiger partial charge in [0.2, 0.25) is 0 Å². The number of nitro benzene ring substituents is 1. The molecule has 0 bridgehead atoms. The predicted molar refractivity (Wildman–Crippen MR) is 102 cm³/mol. The van der Waals surface area contributed by atoms with Crippen LogP contribution in [-0.2, 0) is 16.5 Å². The normalized spacial score (nSPS) is 11.9. The van der Waals surface area contributed by atoms with Gasteiger partial charge in [0.1, 0.15) is 11.4 Å².